The molecule has 0 aliphatic carbocycles. The van der Waals surface area contributed by atoms with Gasteiger partial charge in [-0.05, 0) is 56.2 Å². The fourth-order valence-electron chi connectivity index (χ4n) is 6.93. The number of carbonyl (C=O) groups excluding carboxylic acids is 3. The van der Waals surface area contributed by atoms with Crippen molar-refractivity contribution in [1.82, 2.24) is 10.2 Å². The third-order valence-corrected chi connectivity index (χ3v) is 9.11. The van der Waals surface area contributed by atoms with E-state index in [-0.39, 0.29) is 30.9 Å². The Bertz CT molecular complexity index is 1240. The topological polar surface area (TPSA) is 108 Å². The second-order valence-electron chi connectivity index (χ2n) is 10.9. The highest BCUT2D eigenvalue weighted by atomic mass is 35.5. The van der Waals surface area contributed by atoms with Crippen LogP contribution in [0.4, 0.5) is 5.69 Å². The molecule has 0 aromatic heterocycles. The van der Waals surface area contributed by atoms with E-state index in [4.69, 9.17) is 16.3 Å². The van der Waals surface area contributed by atoms with Crippen LogP contribution in [-0.2, 0) is 25.7 Å². The monoisotopic (exact) mass is 553 g/mol. The van der Waals surface area contributed by atoms with Gasteiger partial charge in [0.25, 0.3) is 0 Å². The summed E-state index contributed by atoms with van der Waals surface area (Å²) in [6.07, 6.45) is 2.69. The number of anilines is 1. The number of aryl methyl sites for hydroxylation is 1. The molecule has 2 aromatic carbocycles. The Balaban J connectivity index is 1.48. The summed E-state index contributed by atoms with van der Waals surface area (Å²) < 4.78 is 6.78. The van der Waals surface area contributed by atoms with Crippen LogP contribution in [0.2, 0.25) is 5.02 Å². The number of fused-ring (bicyclic) bond motifs is 1. The smallest absolute Gasteiger partial charge is 0.250 e. The van der Waals surface area contributed by atoms with E-state index in [2.05, 4.69) is 10.6 Å². The van der Waals surface area contributed by atoms with Crippen molar-refractivity contribution in [3.05, 3.63) is 64.7 Å². The molecule has 208 valence electrons. The number of rotatable bonds is 10. The first-order valence-electron chi connectivity index (χ1n) is 13.8. The van der Waals surface area contributed by atoms with Crippen LogP contribution in [0.25, 0.3) is 0 Å². The number of hydrogen-bond acceptors (Lipinski definition) is 5. The van der Waals surface area contributed by atoms with Crippen molar-refractivity contribution in [2.24, 2.45) is 11.8 Å². The third kappa shape index (κ3) is 4.62. The minimum Gasteiger partial charge on any atom is -0.396 e. The maximum Gasteiger partial charge on any atom is 0.250 e. The Morgan fingerprint density at radius 1 is 1.10 bits per heavy atom. The molecule has 3 N–H and O–H groups in total. The van der Waals surface area contributed by atoms with Gasteiger partial charge in [0.1, 0.15) is 11.6 Å². The SMILES string of the molecule is CC[C@]12CCC3(O1)C(C(=O)Nc1c(C)cccc1Cl)N(CCCCO)C(=O)[C@@H]3[C@H]2C(=O)NCc1ccccc1. The van der Waals surface area contributed by atoms with Crippen LogP contribution in [0, 0.1) is 18.8 Å². The maximum atomic E-state index is 14.1. The van der Waals surface area contributed by atoms with Gasteiger partial charge in [-0.15, -0.1) is 0 Å². The first-order chi connectivity index (χ1) is 18.8. The molecule has 8 nitrogen and oxygen atoms in total. The number of amides is 3. The molecule has 0 radical (unpaired) electrons. The van der Waals surface area contributed by atoms with Gasteiger partial charge in [0.15, 0.2) is 0 Å². The summed E-state index contributed by atoms with van der Waals surface area (Å²) in [5.41, 5.74) is 0.353. The summed E-state index contributed by atoms with van der Waals surface area (Å²) >= 11 is 6.42. The number of hydrogen-bond donors (Lipinski definition) is 3. The summed E-state index contributed by atoms with van der Waals surface area (Å²) in [6.45, 7) is 4.46. The predicted molar refractivity (Wildman–Crippen MR) is 148 cm³/mol. The molecule has 2 bridgehead atoms. The zero-order chi connectivity index (χ0) is 27.8. The average molecular weight is 554 g/mol. The standard InChI is InChI=1S/C30H36ClN3O5/c1-3-29-14-15-30(39-29)23(22(29)26(36)32-18-20-11-5-4-6-12-20)28(38)34(16-7-8-17-35)25(30)27(37)33-24-19(2)10-9-13-21(24)31/h4-6,9-13,22-23,25,35H,3,7-8,14-18H2,1-2H3,(H,32,36)(H,33,37)/t22-,23-,25?,29+,30?/m0/s1. The molecule has 2 unspecified atom stereocenters. The number of likely N-dealkylation sites (tertiary alicyclic amines) is 1. The molecule has 2 aromatic rings. The lowest BCUT2D eigenvalue weighted by atomic mass is 9.65. The molecule has 3 amide bonds. The molecular weight excluding hydrogens is 518 g/mol. The van der Waals surface area contributed by atoms with Crippen LogP contribution in [-0.4, -0.2) is 58.1 Å². The van der Waals surface area contributed by atoms with Gasteiger partial charge in [-0.1, -0.05) is 61.0 Å². The molecule has 3 aliphatic heterocycles. The second-order valence-corrected chi connectivity index (χ2v) is 11.3. The van der Waals surface area contributed by atoms with Gasteiger partial charge in [0.2, 0.25) is 17.7 Å². The van der Waals surface area contributed by atoms with Crippen LogP contribution in [0.1, 0.15) is 50.2 Å². The summed E-state index contributed by atoms with van der Waals surface area (Å²) in [4.78, 5) is 43.5. The number of benzene rings is 2. The largest absolute Gasteiger partial charge is 0.396 e. The van der Waals surface area contributed by atoms with Crippen LogP contribution < -0.4 is 10.6 Å². The molecular formula is C30H36ClN3O5. The summed E-state index contributed by atoms with van der Waals surface area (Å²) in [5.74, 6) is -2.30. The number of nitrogens with zero attached hydrogens (tertiary/aromatic N) is 1. The molecule has 3 aliphatic rings. The fraction of sp³-hybridized carbons (Fsp3) is 0.500. The number of para-hydroxylation sites is 1. The highest BCUT2D eigenvalue weighted by molar-refractivity contribution is 6.34. The van der Waals surface area contributed by atoms with E-state index >= 15 is 0 Å². The van der Waals surface area contributed by atoms with Crippen LogP contribution >= 0.6 is 11.6 Å². The van der Waals surface area contributed by atoms with Gasteiger partial charge in [-0.2, -0.15) is 0 Å². The van der Waals surface area contributed by atoms with E-state index in [0.29, 0.717) is 49.4 Å². The van der Waals surface area contributed by atoms with E-state index in [1.165, 1.54) is 0 Å². The number of aliphatic hydroxyl groups is 1. The van der Waals surface area contributed by atoms with Gasteiger partial charge < -0.3 is 25.4 Å². The second kappa shape index (κ2) is 10.9. The Morgan fingerprint density at radius 3 is 2.56 bits per heavy atom. The molecule has 3 fully saturated rings. The van der Waals surface area contributed by atoms with Crippen molar-refractivity contribution in [3.8, 4) is 0 Å². The normalized spacial score (nSPS) is 29.0. The fourth-order valence-corrected chi connectivity index (χ4v) is 7.20. The number of carbonyl (C=O) groups is 3. The molecule has 3 saturated heterocycles. The minimum absolute atomic E-state index is 0.00769. The van der Waals surface area contributed by atoms with Gasteiger partial charge in [-0.3, -0.25) is 14.4 Å². The molecule has 9 heteroatoms. The van der Waals surface area contributed by atoms with E-state index in [0.717, 1.165) is 11.1 Å². The van der Waals surface area contributed by atoms with Gasteiger partial charge in [0, 0.05) is 19.7 Å². The molecule has 0 saturated carbocycles. The number of aliphatic hydroxyl groups excluding tert-OH is 1. The average Bonchev–Trinajstić information content (AvgIpc) is 3.54. The number of ether oxygens (including phenoxy) is 1. The molecule has 3 heterocycles. The third-order valence-electron chi connectivity index (χ3n) is 8.80. The minimum atomic E-state index is -1.11. The van der Waals surface area contributed by atoms with Crippen LogP contribution in [0.15, 0.2) is 48.5 Å². The van der Waals surface area contributed by atoms with Crippen molar-refractivity contribution in [1.29, 1.82) is 0 Å². The lowest BCUT2D eigenvalue weighted by Crippen LogP contribution is -2.53. The van der Waals surface area contributed by atoms with Gasteiger partial charge in [0.05, 0.1) is 28.1 Å². The first-order valence-corrected chi connectivity index (χ1v) is 14.1. The highest BCUT2D eigenvalue weighted by Gasteiger charge is 2.78. The maximum absolute atomic E-state index is 14.1. The molecule has 39 heavy (non-hydrogen) atoms. The highest BCUT2D eigenvalue weighted by Crippen LogP contribution is 2.64. The van der Waals surface area contributed by atoms with Gasteiger partial charge in [-0.25, -0.2) is 0 Å². The van der Waals surface area contributed by atoms with Crippen LogP contribution in [0.5, 0.6) is 0 Å². The van der Waals surface area contributed by atoms with Crippen LogP contribution in [0.3, 0.4) is 0 Å². The van der Waals surface area contributed by atoms with E-state index in [9.17, 15) is 19.5 Å². The predicted octanol–water partition coefficient (Wildman–Crippen LogP) is 3.83. The van der Waals surface area contributed by atoms with Gasteiger partial charge >= 0.3 is 0 Å². The molecule has 5 rings (SSSR count). The van der Waals surface area contributed by atoms with Crippen molar-refractivity contribution in [2.75, 3.05) is 18.5 Å². The Hall–Kier alpha value is -2.94. The lowest BCUT2D eigenvalue weighted by Gasteiger charge is -2.34. The van der Waals surface area contributed by atoms with Crippen molar-refractivity contribution < 1.29 is 24.2 Å². The Labute approximate surface area is 234 Å². The van der Waals surface area contributed by atoms with Crippen molar-refractivity contribution >= 4 is 35.0 Å². The van der Waals surface area contributed by atoms with E-state index in [1.54, 1.807) is 11.0 Å². The molecule has 5 atom stereocenters. The first kappa shape index (κ1) is 27.6. The Kier molecular flexibility index (Phi) is 7.73. The molecule has 1 spiro atoms. The zero-order valence-electron chi connectivity index (χ0n) is 22.4. The quantitative estimate of drug-likeness (QED) is 0.388. The van der Waals surface area contributed by atoms with Crippen molar-refractivity contribution in [3.63, 3.8) is 0 Å². The summed E-state index contributed by atoms with van der Waals surface area (Å²) in [7, 11) is 0. The summed E-state index contributed by atoms with van der Waals surface area (Å²) in [5, 5.41) is 15.8. The van der Waals surface area contributed by atoms with E-state index in [1.807, 2.05) is 56.3 Å². The lowest BCUT2D eigenvalue weighted by molar-refractivity contribution is -0.146. The summed E-state index contributed by atoms with van der Waals surface area (Å²) in [6, 6.07) is 14.1. The number of unbranched alkanes of at least 4 members (excludes halogenated alkanes) is 1. The van der Waals surface area contributed by atoms with E-state index < -0.39 is 29.1 Å². The Morgan fingerprint density at radius 2 is 1.87 bits per heavy atom. The zero-order valence-corrected chi connectivity index (χ0v) is 23.2. The van der Waals surface area contributed by atoms with Crippen molar-refractivity contribution in [2.45, 2.75) is 69.7 Å². The number of nitrogens with one attached hydrogen (secondary N) is 2. The number of halogens is 1.